The first kappa shape index (κ1) is 13.6. The molecule has 0 unspecified atom stereocenters. The summed E-state index contributed by atoms with van der Waals surface area (Å²) in [6.07, 6.45) is 0. The van der Waals surface area contributed by atoms with Gasteiger partial charge in [-0.25, -0.2) is 0 Å². The summed E-state index contributed by atoms with van der Waals surface area (Å²) in [5, 5.41) is 9.13. The number of carbonyl (C=O) groups excluding carboxylic acids is 1. The third-order valence-corrected chi connectivity index (χ3v) is 4.77. The first-order valence-electron chi connectivity index (χ1n) is 5.86. The van der Waals surface area contributed by atoms with Gasteiger partial charge in [0.1, 0.15) is 0 Å². The van der Waals surface area contributed by atoms with Crippen molar-refractivity contribution in [2.24, 2.45) is 0 Å². The number of furan rings is 1. The van der Waals surface area contributed by atoms with Crippen LogP contribution in [0.4, 0.5) is 0 Å². The Morgan fingerprint density at radius 2 is 2.15 bits per heavy atom. The maximum absolute atomic E-state index is 11.8. The molecule has 0 aliphatic carbocycles. The van der Waals surface area contributed by atoms with E-state index in [1.807, 2.05) is 0 Å². The minimum absolute atomic E-state index is 0.207. The highest BCUT2D eigenvalue weighted by Crippen LogP contribution is 2.27. The average molecular weight is 368 g/mol. The van der Waals surface area contributed by atoms with Crippen molar-refractivity contribution in [1.29, 1.82) is 0 Å². The Bertz CT molecular complexity index is 715. The van der Waals surface area contributed by atoms with Gasteiger partial charge in [0, 0.05) is 4.88 Å². The van der Waals surface area contributed by atoms with Crippen molar-refractivity contribution in [3.05, 3.63) is 55.7 Å². The summed E-state index contributed by atoms with van der Waals surface area (Å²) in [6, 6.07) is 7.54. The van der Waals surface area contributed by atoms with Crippen LogP contribution in [0.1, 0.15) is 15.4 Å². The first-order valence-corrected chi connectivity index (χ1v) is 8.47. The van der Waals surface area contributed by atoms with Gasteiger partial charge in [-0.2, -0.15) is 11.3 Å². The summed E-state index contributed by atoms with van der Waals surface area (Å²) in [6.45, 7) is 0.506. The van der Waals surface area contributed by atoms with Gasteiger partial charge in [0.25, 0.3) is 5.91 Å². The van der Waals surface area contributed by atoms with Crippen LogP contribution in [0.15, 0.2) is 49.5 Å². The number of thiophene rings is 2. The lowest BCUT2D eigenvalue weighted by atomic mass is 10.2. The van der Waals surface area contributed by atoms with E-state index in [0.29, 0.717) is 17.0 Å². The molecule has 0 aromatic carbocycles. The smallest absolute Gasteiger partial charge is 0.287 e. The van der Waals surface area contributed by atoms with Crippen molar-refractivity contribution >= 4 is 44.5 Å². The summed E-state index contributed by atoms with van der Waals surface area (Å²) in [5.41, 5.74) is 2.42. The number of hydrogen-bond donors (Lipinski definition) is 1. The molecule has 0 radical (unpaired) electrons. The zero-order valence-electron chi connectivity index (χ0n) is 10.3. The predicted octanol–water partition coefficient (Wildman–Crippen LogP) is 4.76. The number of halogens is 1. The van der Waals surface area contributed by atoms with Gasteiger partial charge in [0.05, 0.1) is 6.54 Å². The molecule has 0 atom stereocenters. The van der Waals surface area contributed by atoms with Gasteiger partial charge in [-0.15, -0.1) is 11.3 Å². The molecular weight excluding hydrogens is 358 g/mol. The van der Waals surface area contributed by atoms with Crippen LogP contribution in [0, 0.1) is 0 Å². The molecule has 0 bridgehead atoms. The van der Waals surface area contributed by atoms with Crippen molar-refractivity contribution in [3.8, 4) is 11.1 Å². The highest BCUT2D eigenvalue weighted by atomic mass is 79.9. The summed E-state index contributed by atoms with van der Waals surface area (Å²) < 4.78 is 5.76. The van der Waals surface area contributed by atoms with Gasteiger partial charge in [0.2, 0.25) is 0 Å². The molecule has 0 saturated carbocycles. The fraction of sp³-hybridized carbons (Fsp3) is 0.0714. The van der Waals surface area contributed by atoms with Crippen molar-refractivity contribution in [2.75, 3.05) is 0 Å². The number of nitrogens with one attached hydrogen (secondary N) is 1. The van der Waals surface area contributed by atoms with Crippen LogP contribution >= 0.6 is 38.6 Å². The second-order valence-electron chi connectivity index (χ2n) is 4.10. The zero-order chi connectivity index (χ0) is 13.9. The van der Waals surface area contributed by atoms with Crippen molar-refractivity contribution < 1.29 is 9.21 Å². The number of hydrogen-bond acceptors (Lipinski definition) is 4. The van der Waals surface area contributed by atoms with Crippen molar-refractivity contribution in [1.82, 2.24) is 5.32 Å². The monoisotopic (exact) mass is 367 g/mol. The van der Waals surface area contributed by atoms with E-state index in [2.05, 4.69) is 49.5 Å². The Hall–Kier alpha value is -1.37. The van der Waals surface area contributed by atoms with Gasteiger partial charge in [-0.3, -0.25) is 4.79 Å². The molecule has 3 aromatic heterocycles. The van der Waals surface area contributed by atoms with Crippen LogP contribution in [0.25, 0.3) is 11.1 Å². The maximum atomic E-state index is 11.8. The number of rotatable bonds is 4. The average Bonchev–Trinajstić information content (AvgIpc) is 3.16. The largest absolute Gasteiger partial charge is 0.444 e. The third-order valence-electron chi connectivity index (χ3n) is 2.73. The van der Waals surface area contributed by atoms with Gasteiger partial charge in [-0.05, 0) is 67.5 Å². The van der Waals surface area contributed by atoms with E-state index in [1.54, 1.807) is 34.8 Å². The SMILES string of the molecule is O=C(NCc1cc(-c2ccsc2)cs1)c1ccc(Br)o1. The van der Waals surface area contributed by atoms with Crippen LogP contribution in [0.2, 0.25) is 0 Å². The fourth-order valence-corrected chi connectivity index (χ4v) is 3.55. The molecule has 3 heterocycles. The predicted molar refractivity (Wildman–Crippen MR) is 85.2 cm³/mol. The minimum Gasteiger partial charge on any atom is -0.444 e. The van der Waals surface area contributed by atoms with Crippen LogP contribution in [-0.4, -0.2) is 5.91 Å². The topological polar surface area (TPSA) is 42.2 Å². The standard InChI is InChI=1S/C14H10BrNO2S2/c15-13-2-1-12(18-13)14(17)16-6-11-5-10(8-20-11)9-3-4-19-7-9/h1-5,7-8H,6H2,(H,16,17). The van der Waals surface area contributed by atoms with Crippen molar-refractivity contribution in [3.63, 3.8) is 0 Å². The molecular formula is C14H10BrNO2S2. The molecule has 0 aliphatic heterocycles. The Balaban J connectivity index is 1.63. The molecule has 3 nitrogen and oxygen atoms in total. The lowest BCUT2D eigenvalue weighted by Crippen LogP contribution is -2.21. The normalized spacial score (nSPS) is 10.7. The van der Waals surface area contributed by atoms with Gasteiger partial charge >= 0.3 is 0 Å². The molecule has 0 aliphatic rings. The lowest BCUT2D eigenvalue weighted by Gasteiger charge is -2.00. The Kier molecular flexibility index (Phi) is 4.05. The summed E-state index contributed by atoms with van der Waals surface area (Å²) in [5.74, 6) is 0.104. The summed E-state index contributed by atoms with van der Waals surface area (Å²) >= 11 is 6.50. The van der Waals surface area contributed by atoms with E-state index in [0.717, 1.165) is 4.88 Å². The quantitative estimate of drug-likeness (QED) is 0.721. The molecule has 3 aromatic rings. The fourth-order valence-electron chi connectivity index (χ4n) is 1.74. The van der Waals surface area contributed by atoms with E-state index in [9.17, 15) is 4.79 Å². The summed E-state index contributed by atoms with van der Waals surface area (Å²) in [4.78, 5) is 13.0. The van der Waals surface area contributed by atoms with E-state index >= 15 is 0 Å². The van der Waals surface area contributed by atoms with Gasteiger partial charge < -0.3 is 9.73 Å². The molecule has 1 N–H and O–H groups in total. The van der Waals surface area contributed by atoms with Crippen LogP contribution in [-0.2, 0) is 6.54 Å². The zero-order valence-corrected chi connectivity index (χ0v) is 13.5. The summed E-state index contributed by atoms with van der Waals surface area (Å²) in [7, 11) is 0. The van der Waals surface area contributed by atoms with E-state index in [-0.39, 0.29) is 5.91 Å². The van der Waals surface area contributed by atoms with E-state index < -0.39 is 0 Å². The van der Waals surface area contributed by atoms with Crippen molar-refractivity contribution in [2.45, 2.75) is 6.54 Å². The molecule has 1 amide bonds. The first-order chi connectivity index (χ1) is 9.72. The van der Waals surface area contributed by atoms with Gasteiger partial charge in [0.15, 0.2) is 10.4 Å². The second-order valence-corrected chi connectivity index (χ2v) is 6.66. The van der Waals surface area contributed by atoms with E-state index in [4.69, 9.17) is 4.42 Å². The molecule has 102 valence electrons. The molecule has 20 heavy (non-hydrogen) atoms. The van der Waals surface area contributed by atoms with Crippen LogP contribution in [0.5, 0.6) is 0 Å². The molecule has 6 heteroatoms. The number of carbonyl (C=O) groups is 1. The number of amides is 1. The van der Waals surface area contributed by atoms with Crippen LogP contribution < -0.4 is 5.32 Å². The minimum atomic E-state index is -0.207. The highest BCUT2D eigenvalue weighted by molar-refractivity contribution is 9.10. The Morgan fingerprint density at radius 1 is 1.25 bits per heavy atom. The van der Waals surface area contributed by atoms with Gasteiger partial charge in [-0.1, -0.05) is 0 Å². The Morgan fingerprint density at radius 3 is 2.85 bits per heavy atom. The lowest BCUT2D eigenvalue weighted by molar-refractivity contribution is 0.0922. The van der Waals surface area contributed by atoms with Crippen LogP contribution in [0.3, 0.4) is 0 Å². The second kappa shape index (κ2) is 5.95. The third kappa shape index (κ3) is 3.03. The maximum Gasteiger partial charge on any atom is 0.287 e. The molecule has 0 saturated heterocycles. The Labute approximate surface area is 132 Å². The molecule has 0 fully saturated rings. The molecule has 0 spiro atoms. The van der Waals surface area contributed by atoms with E-state index in [1.165, 1.54) is 11.1 Å². The highest BCUT2D eigenvalue weighted by Gasteiger charge is 2.10. The molecule has 3 rings (SSSR count).